The summed E-state index contributed by atoms with van der Waals surface area (Å²) in [6.45, 7) is 0.324. The first-order valence-electron chi connectivity index (χ1n) is 3.99. The standard InChI is InChI=1S/C8H9ClN4OS/c1-15(14,13-6-10)12-5-7-2-3-8(9)11-4-7/h2-4H,5H2,1H3,(H,12,13,14). The van der Waals surface area contributed by atoms with Crippen molar-refractivity contribution in [2.75, 3.05) is 6.26 Å². The summed E-state index contributed by atoms with van der Waals surface area (Å²) in [6, 6.07) is 3.39. The molecule has 0 aliphatic carbocycles. The van der Waals surface area contributed by atoms with Gasteiger partial charge in [-0.3, -0.25) is 0 Å². The second-order valence-corrected chi connectivity index (χ2v) is 5.27. The van der Waals surface area contributed by atoms with Crippen LogP contribution >= 0.6 is 11.6 Å². The number of pyridine rings is 1. The highest BCUT2D eigenvalue weighted by atomic mass is 35.5. The minimum atomic E-state index is -2.64. The molecule has 0 amide bonds. The van der Waals surface area contributed by atoms with E-state index in [9.17, 15) is 4.21 Å². The number of hydrogen-bond acceptors (Lipinski definition) is 4. The number of aromatic nitrogens is 1. The summed E-state index contributed by atoms with van der Waals surface area (Å²) < 4.78 is 17.4. The van der Waals surface area contributed by atoms with Gasteiger partial charge in [0, 0.05) is 19.0 Å². The molecule has 15 heavy (non-hydrogen) atoms. The number of nitrogens with one attached hydrogen (secondary N) is 1. The highest BCUT2D eigenvalue weighted by Gasteiger charge is 2.00. The maximum Gasteiger partial charge on any atom is 0.215 e. The Morgan fingerprint density at radius 2 is 2.47 bits per heavy atom. The van der Waals surface area contributed by atoms with Gasteiger partial charge in [-0.25, -0.2) is 13.9 Å². The van der Waals surface area contributed by atoms with Crippen molar-refractivity contribution >= 4 is 21.5 Å². The summed E-state index contributed by atoms with van der Waals surface area (Å²) in [7, 11) is -2.64. The monoisotopic (exact) mass is 244 g/mol. The van der Waals surface area contributed by atoms with E-state index in [1.165, 1.54) is 12.4 Å². The van der Waals surface area contributed by atoms with Crippen LogP contribution in [0, 0.1) is 11.5 Å². The molecule has 0 spiro atoms. The fourth-order valence-corrected chi connectivity index (χ4v) is 1.61. The molecule has 5 nitrogen and oxygen atoms in total. The number of nitriles is 1. The molecule has 0 saturated carbocycles. The third-order valence-corrected chi connectivity index (χ3v) is 2.88. The summed E-state index contributed by atoms with van der Waals surface area (Å²) in [5, 5.41) is 8.67. The lowest BCUT2D eigenvalue weighted by Gasteiger charge is -2.04. The molecular weight excluding hydrogens is 236 g/mol. The molecular formula is C8H9ClN4OS. The smallest absolute Gasteiger partial charge is 0.215 e. The first-order valence-corrected chi connectivity index (χ1v) is 6.29. The van der Waals surface area contributed by atoms with Crippen LogP contribution < -0.4 is 4.72 Å². The van der Waals surface area contributed by atoms with Gasteiger partial charge in [0.2, 0.25) is 6.19 Å². The van der Waals surface area contributed by atoms with Gasteiger partial charge in [0.25, 0.3) is 0 Å². The van der Waals surface area contributed by atoms with E-state index in [0.717, 1.165) is 5.56 Å². The quantitative estimate of drug-likeness (QED) is 0.643. The Labute approximate surface area is 93.4 Å². The van der Waals surface area contributed by atoms with Crippen LogP contribution in [0.2, 0.25) is 5.15 Å². The molecule has 1 unspecified atom stereocenters. The molecule has 0 fully saturated rings. The molecule has 0 aromatic carbocycles. The summed E-state index contributed by atoms with van der Waals surface area (Å²) in [5.41, 5.74) is 0.821. The lowest BCUT2D eigenvalue weighted by molar-refractivity contribution is 0.669. The molecule has 1 atom stereocenters. The van der Waals surface area contributed by atoms with Crippen molar-refractivity contribution in [3.63, 3.8) is 0 Å². The van der Waals surface area contributed by atoms with Crippen molar-refractivity contribution in [2.45, 2.75) is 6.54 Å². The molecule has 1 N–H and O–H groups in total. The van der Waals surface area contributed by atoms with E-state index in [4.69, 9.17) is 16.9 Å². The third-order valence-electron chi connectivity index (χ3n) is 1.55. The maximum absolute atomic E-state index is 11.5. The number of nitrogens with zero attached hydrogens (tertiary/aromatic N) is 3. The van der Waals surface area contributed by atoms with E-state index >= 15 is 0 Å². The Kier molecular flexibility index (Phi) is 4.03. The Morgan fingerprint density at radius 1 is 1.73 bits per heavy atom. The zero-order valence-corrected chi connectivity index (χ0v) is 9.55. The first-order chi connectivity index (χ1) is 7.03. The van der Waals surface area contributed by atoms with E-state index in [2.05, 4.69) is 14.1 Å². The van der Waals surface area contributed by atoms with Crippen LogP contribution in [-0.4, -0.2) is 15.4 Å². The third kappa shape index (κ3) is 4.25. The molecule has 7 heteroatoms. The Hall–Kier alpha value is -1.16. The average molecular weight is 245 g/mol. The number of rotatable bonds is 3. The molecule has 0 aliphatic heterocycles. The molecule has 1 rings (SSSR count). The maximum atomic E-state index is 11.5. The fourth-order valence-electron chi connectivity index (χ4n) is 0.838. The zero-order chi connectivity index (χ0) is 11.3. The van der Waals surface area contributed by atoms with Crippen LogP contribution in [-0.2, 0) is 16.5 Å². The first kappa shape index (κ1) is 11.9. The van der Waals surface area contributed by atoms with Crippen LogP contribution in [0.1, 0.15) is 5.56 Å². The fraction of sp³-hybridized carbons (Fsp3) is 0.250. The summed E-state index contributed by atoms with van der Waals surface area (Å²) in [4.78, 5) is 3.86. The van der Waals surface area contributed by atoms with Crippen molar-refractivity contribution in [1.29, 1.82) is 5.26 Å². The molecule has 1 aromatic heterocycles. The van der Waals surface area contributed by atoms with Gasteiger partial charge in [-0.05, 0) is 11.6 Å². The van der Waals surface area contributed by atoms with Crippen molar-refractivity contribution in [2.24, 2.45) is 4.36 Å². The van der Waals surface area contributed by atoms with Crippen LogP contribution in [0.4, 0.5) is 0 Å². The minimum Gasteiger partial charge on any atom is -0.244 e. The molecule has 0 aliphatic rings. The SMILES string of the molecule is CS(=O)(=NC#N)NCc1ccc(Cl)nc1. The lowest BCUT2D eigenvalue weighted by atomic mass is 10.3. The van der Waals surface area contributed by atoms with Crippen LogP contribution in [0.5, 0.6) is 0 Å². The average Bonchev–Trinajstić information content (AvgIpc) is 2.17. The second kappa shape index (κ2) is 5.07. The van der Waals surface area contributed by atoms with Crippen molar-refractivity contribution in [3.8, 4) is 6.19 Å². The lowest BCUT2D eigenvalue weighted by Crippen LogP contribution is -2.21. The Balaban J connectivity index is 2.67. The normalized spacial score (nSPS) is 13.9. The summed E-state index contributed by atoms with van der Waals surface area (Å²) in [5.74, 6) is 0. The number of hydrogen-bond donors (Lipinski definition) is 1. The van der Waals surface area contributed by atoms with Gasteiger partial charge in [-0.15, -0.1) is 4.36 Å². The zero-order valence-electron chi connectivity index (χ0n) is 7.98. The van der Waals surface area contributed by atoms with Gasteiger partial charge < -0.3 is 0 Å². The molecule has 80 valence electrons. The predicted molar refractivity (Wildman–Crippen MR) is 58.2 cm³/mol. The van der Waals surface area contributed by atoms with Gasteiger partial charge in [-0.1, -0.05) is 17.7 Å². The van der Waals surface area contributed by atoms with Gasteiger partial charge in [0.1, 0.15) is 15.1 Å². The van der Waals surface area contributed by atoms with Gasteiger partial charge >= 0.3 is 0 Å². The van der Waals surface area contributed by atoms with Crippen molar-refractivity contribution in [3.05, 3.63) is 29.0 Å². The van der Waals surface area contributed by atoms with Gasteiger partial charge in [0.05, 0.1) is 0 Å². The molecule has 1 heterocycles. The van der Waals surface area contributed by atoms with Crippen LogP contribution in [0.15, 0.2) is 22.7 Å². The Morgan fingerprint density at radius 3 is 3.00 bits per heavy atom. The van der Waals surface area contributed by atoms with E-state index in [1.54, 1.807) is 18.3 Å². The van der Waals surface area contributed by atoms with Crippen molar-refractivity contribution in [1.82, 2.24) is 9.71 Å². The van der Waals surface area contributed by atoms with Gasteiger partial charge in [-0.2, -0.15) is 5.26 Å². The highest BCUT2D eigenvalue weighted by molar-refractivity contribution is 7.91. The Bertz CT molecular complexity index is 484. The van der Waals surface area contributed by atoms with E-state index in [0.29, 0.717) is 11.7 Å². The number of halogens is 1. The highest BCUT2D eigenvalue weighted by Crippen LogP contribution is 2.05. The molecule has 0 bridgehead atoms. The molecule has 0 saturated heterocycles. The summed E-state index contributed by atoms with van der Waals surface area (Å²) >= 11 is 5.60. The van der Waals surface area contributed by atoms with Crippen molar-refractivity contribution < 1.29 is 4.21 Å². The van der Waals surface area contributed by atoms with E-state index in [-0.39, 0.29) is 0 Å². The summed E-state index contributed by atoms with van der Waals surface area (Å²) in [6.07, 6.45) is 4.43. The molecule has 1 aromatic rings. The minimum absolute atomic E-state index is 0.324. The van der Waals surface area contributed by atoms with E-state index < -0.39 is 9.92 Å². The topological polar surface area (TPSA) is 78.1 Å². The molecule has 0 radical (unpaired) electrons. The van der Waals surface area contributed by atoms with Crippen LogP contribution in [0.3, 0.4) is 0 Å². The second-order valence-electron chi connectivity index (χ2n) is 2.80. The predicted octanol–water partition coefficient (Wildman–Crippen LogP) is 1.32. The van der Waals surface area contributed by atoms with E-state index in [1.807, 2.05) is 0 Å². The van der Waals surface area contributed by atoms with Crippen LogP contribution in [0.25, 0.3) is 0 Å². The largest absolute Gasteiger partial charge is 0.244 e. The van der Waals surface area contributed by atoms with Gasteiger partial charge in [0.15, 0.2) is 0 Å².